The number of fused-ring (bicyclic) bond motifs is 1. The summed E-state index contributed by atoms with van der Waals surface area (Å²) in [5, 5.41) is 13.3. The first-order valence-corrected chi connectivity index (χ1v) is 10.0. The number of methoxy groups -OCH3 is 1. The lowest BCUT2D eigenvalue weighted by molar-refractivity contribution is 0.210. The quantitative estimate of drug-likeness (QED) is 0.399. The molecule has 4 aromatic rings. The number of aliphatic hydroxyl groups is 1. The van der Waals surface area contributed by atoms with E-state index >= 15 is 0 Å². The zero-order valence-electron chi connectivity index (χ0n) is 17.5. The van der Waals surface area contributed by atoms with Crippen molar-refractivity contribution >= 4 is 16.7 Å². The molecule has 0 aliphatic carbocycles. The number of aromatic amines is 1. The van der Waals surface area contributed by atoms with Crippen LogP contribution in [0, 0.1) is 6.92 Å². The second kappa shape index (κ2) is 9.07. The monoisotopic (exact) mass is 416 g/mol. The smallest absolute Gasteiger partial charge is 0.259 e. The van der Waals surface area contributed by atoms with Crippen LogP contribution in [-0.2, 0) is 11.3 Å². The van der Waals surface area contributed by atoms with Gasteiger partial charge in [0.15, 0.2) is 0 Å². The van der Waals surface area contributed by atoms with Gasteiger partial charge in [-0.1, -0.05) is 36.4 Å². The number of nitrogens with zero attached hydrogens (tertiary/aromatic N) is 2. The highest BCUT2D eigenvalue weighted by atomic mass is 16.5. The molecule has 2 aromatic carbocycles. The van der Waals surface area contributed by atoms with Crippen LogP contribution >= 0.6 is 0 Å². The van der Waals surface area contributed by atoms with Crippen molar-refractivity contribution in [2.75, 3.05) is 25.6 Å². The molecule has 3 N–H and O–H groups in total. The van der Waals surface area contributed by atoms with Crippen molar-refractivity contribution in [2.45, 2.75) is 13.5 Å². The molecule has 0 radical (unpaired) electrons. The molecule has 2 heterocycles. The molecule has 7 nitrogen and oxygen atoms in total. The van der Waals surface area contributed by atoms with Crippen molar-refractivity contribution in [3.63, 3.8) is 0 Å². The van der Waals surface area contributed by atoms with Gasteiger partial charge in [-0.05, 0) is 30.2 Å². The van der Waals surface area contributed by atoms with E-state index in [-0.39, 0.29) is 12.2 Å². The highest BCUT2D eigenvalue weighted by Gasteiger charge is 2.10. The number of aliphatic hydroxyl groups excluding tert-OH is 1. The number of pyridine rings is 1. The van der Waals surface area contributed by atoms with Crippen LogP contribution in [0.3, 0.4) is 0 Å². The lowest BCUT2D eigenvalue weighted by Gasteiger charge is -2.11. The number of ether oxygens (including phenoxy) is 1. The topological polar surface area (TPSA) is 100 Å². The number of anilines is 1. The Morgan fingerprint density at radius 1 is 1.13 bits per heavy atom. The maximum Gasteiger partial charge on any atom is 0.259 e. The van der Waals surface area contributed by atoms with Crippen molar-refractivity contribution in [3.05, 3.63) is 76.2 Å². The molecule has 7 heteroatoms. The summed E-state index contributed by atoms with van der Waals surface area (Å²) in [7, 11) is 1.67. The summed E-state index contributed by atoms with van der Waals surface area (Å²) in [6.45, 7) is 3.20. The summed E-state index contributed by atoms with van der Waals surface area (Å²) in [5.41, 5.74) is 4.87. The number of aryl methyl sites for hydroxylation is 1. The van der Waals surface area contributed by atoms with Crippen molar-refractivity contribution in [3.8, 4) is 22.5 Å². The fourth-order valence-electron chi connectivity index (χ4n) is 3.53. The third kappa shape index (κ3) is 4.33. The van der Waals surface area contributed by atoms with E-state index in [1.54, 1.807) is 25.3 Å². The van der Waals surface area contributed by atoms with Crippen molar-refractivity contribution in [2.24, 2.45) is 0 Å². The number of benzene rings is 2. The first kappa shape index (κ1) is 20.7. The second-order valence-electron chi connectivity index (χ2n) is 7.27. The average molecular weight is 416 g/mol. The summed E-state index contributed by atoms with van der Waals surface area (Å²) >= 11 is 0. The summed E-state index contributed by atoms with van der Waals surface area (Å²) in [5.74, 6) is 1.28. The third-order valence-corrected chi connectivity index (χ3v) is 5.18. The van der Waals surface area contributed by atoms with Crippen LogP contribution in [0.15, 0.2) is 59.5 Å². The molecule has 0 spiro atoms. The number of aromatic nitrogens is 3. The number of hydrogen-bond donors (Lipinski definition) is 3. The SMILES string of the molecule is COCCNc1cc(C)c(-c2ccc(-c3nc4c(CO)cccc4c(=O)[nH]3)cc2)cn1. The Labute approximate surface area is 179 Å². The Hall–Kier alpha value is -3.55. The van der Waals surface area contributed by atoms with Gasteiger partial charge in [-0.15, -0.1) is 0 Å². The fraction of sp³-hybridized carbons (Fsp3) is 0.208. The first-order valence-electron chi connectivity index (χ1n) is 10.0. The predicted octanol–water partition coefficient (Wildman–Crippen LogP) is 3.51. The fourth-order valence-corrected chi connectivity index (χ4v) is 3.53. The van der Waals surface area contributed by atoms with Gasteiger partial charge in [-0.3, -0.25) is 4.79 Å². The largest absolute Gasteiger partial charge is 0.392 e. The maximum absolute atomic E-state index is 12.5. The van der Waals surface area contributed by atoms with Gasteiger partial charge in [-0.25, -0.2) is 9.97 Å². The molecule has 0 aliphatic rings. The Balaban J connectivity index is 1.64. The molecule has 2 aromatic heterocycles. The van der Waals surface area contributed by atoms with E-state index in [0.717, 1.165) is 28.1 Å². The van der Waals surface area contributed by atoms with Crippen LogP contribution in [0.25, 0.3) is 33.4 Å². The van der Waals surface area contributed by atoms with Crippen LogP contribution in [0.5, 0.6) is 0 Å². The zero-order chi connectivity index (χ0) is 21.8. The molecule has 0 atom stereocenters. The van der Waals surface area contributed by atoms with Gasteiger partial charge in [0.05, 0.1) is 24.1 Å². The number of para-hydroxylation sites is 1. The Bertz CT molecular complexity index is 1270. The molecule has 31 heavy (non-hydrogen) atoms. The van der Waals surface area contributed by atoms with Gasteiger partial charge in [0, 0.05) is 36.5 Å². The maximum atomic E-state index is 12.5. The van der Waals surface area contributed by atoms with Crippen molar-refractivity contribution < 1.29 is 9.84 Å². The van der Waals surface area contributed by atoms with E-state index in [1.165, 1.54) is 0 Å². The van der Waals surface area contributed by atoms with E-state index in [1.807, 2.05) is 43.5 Å². The van der Waals surface area contributed by atoms with Gasteiger partial charge in [0.2, 0.25) is 0 Å². The van der Waals surface area contributed by atoms with Gasteiger partial charge >= 0.3 is 0 Å². The molecule has 0 fully saturated rings. The third-order valence-electron chi connectivity index (χ3n) is 5.18. The predicted molar refractivity (Wildman–Crippen MR) is 122 cm³/mol. The minimum atomic E-state index is -0.226. The summed E-state index contributed by atoms with van der Waals surface area (Å²) in [6, 6.07) is 15.0. The van der Waals surface area contributed by atoms with Crippen LogP contribution in [0.1, 0.15) is 11.1 Å². The molecular formula is C24H24N4O3. The highest BCUT2D eigenvalue weighted by Crippen LogP contribution is 2.27. The molecule has 0 saturated heterocycles. The molecule has 0 unspecified atom stereocenters. The normalized spacial score (nSPS) is 11.1. The van der Waals surface area contributed by atoms with Crippen LogP contribution in [0.2, 0.25) is 0 Å². The summed E-state index contributed by atoms with van der Waals surface area (Å²) in [4.78, 5) is 24.4. The van der Waals surface area contributed by atoms with Crippen molar-refractivity contribution in [1.82, 2.24) is 15.0 Å². The van der Waals surface area contributed by atoms with Gasteiger partial charge in [0.1, 0.15) is 11.6 Å². The van der Waals surface area contributed by atoms with Gasteiger partial charge < -0.3 is 20.1 Å². The zero-order valence-corrected chi connectivity index (χ0v) is 17.5. The summed E-state index contributed by atoms with van der Waals surface area (Å²) in [6.07, 6.45) is 1.85. The van der Waals surface area contributed by atoms with E-state index in [2.05, 4.69) is 20.3 Å². The number of nitrogens with one attached hydrogen (secondary N) is 2. The average Bonchev–Trinajstić information content (AvgIpc) is 2.79. The minimum Gasteiger partial charge on any atom is -0.392 e. The first-order chi connectivity index (χ1) is 15.1. The standard InChI is InChI=1S/C24H24N4O3/c1-15-12-21(25-10-11-31-2)26-13-20(15)16-6-8-17(9-7-16)23-27-22-18(14-29)4-3-5-19(22)24(30)28-23/h3-9,12-13,29H,10-11,14H2,1-2H3,(H,25,26)(H,27,28,30). The van der Waals surface area contributed by atoms with Gasteiger partial charge in [0.25, 0.3) is 5.56 Å². The van der Waals surface area contributed by atoms with E-state index in [0.29, 0.717) is 35.4 Å². The molecule has 0 bridgehead atoms. The molecule has 158 valence electrons. The van der Waals surface area contributed by atoms with Gasteiger partial charge in [-0.2, -0.15) is 0 Å². The van der Waals surface area contributed by atoms with E-state index in [9.17, 15) is 9.90 Å². The van der Waals surface area contributed by atoms with E-state index < -0.39 is 0 Å². The lowest BCUT2D eigenvalue weighted by atomic mass is 10.0. The second-order valence-corrected chi connectivity index (χ2v) is 7.27. The summed E-state index contributed by atoms with van der Waals surface area (Å²) < 4.78 is 5.05. The molecule has 0 saturated carbocycles. The Kier molecular flexibility index (Phi) is 6.06. The molecule has 4 rings (SSSR count). The van der Waals surface area contributed by atoms with Crippen LogP contribution in [-0.4, -0.2) is 40.3 Å². The molecule has 0 amide bonds. The molecule has 0 aliphatic heterocycles. The van der Waals surface area contributed by atoms with Crippen LogP contribution in [0.4, 0.5) is 5.82 Å². The highest BCUT2D eigenvalue weighted by molar-refractivity contribution is 5.82. The Morgan fingerprint density at radius 3 is 2.61 bits per heavy atom. The minimum absolute atomic E-state index is 0.172. The van der Waals surface area contributed by atoms with Crippen LogP contribution < -0.4 is 10.9 Å². The number of hydrogen-bond acceptors (Lipinski definition) is 6. The van der Waals surface area contributed by atoms with Crippen molar-refractivity contribution in [1.29, 1.82) is 0 Å². The number of rotatable bonds is 7. The molecular weight excluding hydrogens is 392 g/mol. The Morgan fingerprint density at radius 2 is 1.90 bits per heavy atom. The van der Waals surface area contributed by atoms with E-state index in [4.69, 9.17) is 4.74 Å². The lowest BCUT2D eigenvalue weighted by Crippen LogP contribution is -2.10. The number of H-pyrrole nitrogens is 1.